The number of nitrogens with one attached hydrogen (secondary N) is 1. The van der Waals surface area contributed by atoms with Crippen LogP contribution in [-0.4, -0.2) is 25.0 Å². The number of ether oxygens (including phenoxy) is 1. The van der Waals surface area contributed by atoms with Crippen LogP contribution in [-0.2, 0) is 9.53 Å². The van der Waals surface area contributed by atoms with Gasteiger partial charge in [-0.2, -0.15) is 0 Å². The average molecular weight is 375 g/mol. The molecule has 0 spiro atoms. The second kappa shape index (κ2) is 7.47. The normalized spacial score (nSPS) is 13.5. The molecule has 0 fully saturated rings. The zero-order valence-electron chi connectivity index (χ0n) is 11.3. The number of hydrogen-bond donors (Lipinski definition) is 1. The highest BCUT2D eigenvalue weighted by Crippen LogP contribution is 2.12. The number of benzene rings is 1. The number of rotatable bonds is 5. The van der Waals surface area contributed by atoms with Crippen LogP contribution in [0.3, 0.4) is 0 Å². The number of esters is 1. The molecule has 0 bridgehead atoms. The monoisotopic (exact) mass is 375 g/mol. The number of halogens is 1. The van der Waals surface area contributed by atoms with E-state index in [0.29, 0.717) is 5.56 Å². The summed E-state index contributed by atoms with van der Waals surface area (Å²) in [4.78, 5) is 23.8. The third kappa shape index (κ3) is 4.49. The summed E-state index contributed by atoms with van der Waals surface area (Å²) in [5, 5.41) is 2.75. The molecule has 1 aromatic rings. The zero-order chi connectivity index (χ0) is 14.4. The SMILES string of the molecule is CC[C@@H](C)[C@@H](NC(=O)c1cccc(I)c1)C(=O)OC. The van der Waals surface area contributed by atoms with Gasteiger partial charge in [-0.15, -0.1) is 0 Å². The molecule has 5 heteroatoms. The van der Waals surface area contributed by atoms with E-state index in [1.807, 2.05) is 26.0 Å². The van der Waals surface area contributed by atoms with Crippen LogP contribution >= 0.6 is 22.6 Å². The third-order valence-electron chi connectivity index (χ3n) is 3.04. The zero-order valence-corrected chi connectivity index (χ0v) is 13.4. The van der Waals surface area contributed by atoms with Gasteiger partial charge in [-0.05, 0) is 46.7 Å². The van der Waals surface area contributed by atoms with Crippen molar-refractivity contribution in [1.82, 2.24) is 5.32 Å². The Hall–Kier alpha value is -1.11. The van der Waals surface area contributed by atoms with E-state index in [0.717, 1.165) is 9.99 Å². The van der Waals surface area contributed by atoms with Gasteiger partial charge in [-0.3, -0.25) is 4.79 Å². The van der Waals surface area contributed by atoms with Crippen molar-refractivity contribution in [3.63, 3.8) is 0 Å². The molecule has 0 aliphatic rings. The van der Waals surface area contributed by atoms with Crippen molar-refractivity contribution >= 4 is 34.5 Å². The Labute approximate surface area is 127 Å². The van der Waals surface area contributed by atoms with Crippen LogP contribution in [0.15, 0.2) is 24.3 Å². The van der Waals surface area contributed by atoms with Gasteiger partial charge in [0, 0.05) is 9.13 Å². The van der Waals surface area contributed by atoms with Crippen molar-refractivity contribution in [2.24, 2.45) is 5.92 Å². The fourth-order valence-electron chi connectivity index (χ4n) is 1.65. The van der Waals surface area contributed by atoms with E-state index in [-0.39, 0.29) is 11.8 Å². The minimum absolute atomic E-state index is 0.0270. The summed E-state index contributed by atoms with van der Waals surface area (Å²) >= 11 is 2.14. The molecular formula is C14H18INO3. The summed E-state index contributed by atoms with van der Waals surface area (Å²) in [6.45, 7) is 3.88. The molecule has 0 aliphatic heterocycles. The van der Waals surface area contributed by atoms with Crippen LogP contribution < -0.4 is 5.32 Å². The highest BCUT2D eigenvalue weighted by molar-refractivity contribution is 14.1. The van der Waals surface area contributed by atoms with Gasteiger partial charge in [-0.25, -0.2) is 4.79 Å². The standard InChI is InChI=1S/C14H18INO3/c1-4-9(2)12(14(18)19-3)16-13(17)10-6-5-7-11(15)8-10/h5-9,12H,4H2,1-3H3,(H,16,17)/t9-,12-/m1/s1. The average Bonchev–Trinajstić information content (AvgIpc) is 2.42. The predicted molar refractivity (Wildman–Crippen MR) is 81.9 cm³/mol. The molecule has 0 aliphatic carbocycles. The lowest BCUT2D eigenvalue weighted by Gasteiger charge is -2.21. The van der Waals surface area contributed by atoms with Gasteiger partial charge in [0.2, 0.25) is 0 Å². The number of carbonyl (C=O) groups is 2. The van der Waals surface area contributed by atoms with Gasteiger partial charge in [-0.1, -0.05) is 26.3 Å². The van der Waals surface area contributed by atoms with E-state index in [2.05, 4.69) is 27.9 Å². The summed E-state index contributed by atoms with van der Waals surface area (Å²) in [6, 6.07) is 6.61. The van der Waals surface area contributed by atoms with Gasteiger partial charge in [0.25, 0.3) is 5.91 Å². The second-order valence-electron chi connectivity index (χ2n) is 4.37. The summed E-state index contributed by atoms with van der Waals surface area (Å²) in [7, 11) is 1.33. The van der Waals surface area contributed by atoms with E-state index in [1.165, 1.54) is 7.11 Å². The summed E-state index contributed by atoms with van der Waals surface area (Å²) in [5.74, 6) is -0.637. The Bertz CT molecular complexity index is 462. The largest absolute Gasteiger partial charge is 0.467 e. The van der Waals surface area contributed by atoms with Crippen LogP contribution in [0.2, 0.25) is 0 Å². The Kier molecular flexibility index (Phi) is 6.27. The molecule has 1 N–H and O–H groups in total. The molecule has 0 saturated carbocycles. The van der Waals surface area contributed by atoms with Gasteiger partial charge < -0.3 is 10.1 Å². The number of amides is 1. The highest BCUT2D eigenvalue weighted by Gasteiger charge is 2.26. The van der Waals surface area contributed by atoms with Crippen molar-refractivity contribution in [1.29, 1.82) is 0 Å². The van der Waals surface area contributed by atoms with Crippen LogP contribution in [0.4, 0.5) is 0 Å². The molecule has 0 heterocycles. The van der Waals surface area contributed by atoms with Gasteiger partial charge in [0.15, 0.2) is 0 Å². The van der Waals surface area contributed by atoms with Crippen molar-refractivity contribution < 1.29 is 14.3 Å². The van der Waals surface area contributed by atoms with E-state index < -0.39 is 12.0 Å². The molecular weight excluding hydrogens is 357 g/mol. The molecule has 0 saturated heterocycles. The van der Waals surface area contributed by atoms with Crippen LogP contribution in [0.5, 0.6) is 0 Å². The van der Waals surface area contributed by atoms with E-state index >= 15 is 0 Å². The molecule has 0 radical (unpaired) electrons. The van der Waals surface area contributed by atoms with Gasteiger partial charge >= 0.3 is 5.97 Å². The Morgan fingerprint density at radius 3 is 2.63 bits per heavy atom. The molecule has 1 rings (SSSR count). The lowest BCUT2D eigenvalue weighted by Crippen LogP contribution is -2.45. The van der Waals surface area contributed by atoms with Crippen molar-refractivity contribution in [2.45, 2.75) is 26.3 Å². The summed E-state index contributed by atoms with van der Waals surface area (Å²) < 4.78 is 5.72. The third-order valence-corrected chi connectivity index (χ3v) is 3.71. The topological polar surface area (TPSA) is 55.4 Å². The van der Waals surface area contributed by atoms with Crippen molar-refractivity contribution in [3.05, 3.63) is 33.4 Å². The van der Waals surface area contributed by atoms with E-state index in [4.69, 9.17) is 4.74 Å². The molecule has 2 atom stereocenters. The quantitative estimate of drug-likeness (QED) is 0.636. The van der Waals surface area contributed by atoms with Crippen LogP contribution in [0.1, 0.15) is 30.6 Å². The first kappa shape index (κ1) is 15.9. The number of hydrogen-bond acceptors (Lipinski definition) is 3. The maximum atomic E-state index is 12.1. The Morgan fingerprint density at radius 2 is 2.11 bits per heavy atom. The van der Waals surface area contributed by atoms with Crippen LogP contribution in [0, 0.1) is 9.49 Å². The van der Waals surface area contributed by atoms with Crippen LogP contribution in [0.25, 0.3) is 0 Å². The van der Waals surface area contributed by atoms with E-state index in [9.17, 15) is 9.59 Å². The first-order valence-electron chi connectivity index (χ1n) is 6.13. The fourth-order valence-corrected chi connectivity index (χ4v) is 2.19. The maximum Gasteiger partial charge on any atom is 0.328 e. The second-order valence-corrected chi connectivity index (χ2v) is 5.62. The predicted octanol–water partition coefficient (Wildman–Crippen LogP) is 2.61. The van der Waals surface area contributed by atoms with Crippen molar-refractivity contribution in [3.8, 4) is 0 Å². The summed E-state index contributed by atoms with van der Waals surface area (Å²) in [5.41, 5.74) is 0.545. The number of carbonyl (C=O) groups excluding carboxylic acids is 2. The Balaban J connectivity index is 2.84. The van der Waals surface area contributed by atoms with E-state index in [1.54, 1.807) is 12.1 Å². The smallest absolute Gasteiger partial charge is 0.328 e. The summed E-state index contributed by atoms with van der Waals surface area (Å²) in [6.07, 6.45) is 0.784. The van der Waals surface area contributed by atoms with Gasteiger partial charge in [0.1, 0.15) is 6.04 Å². The number of methoxy groups -OCH3 is 1. The lowest BCUT2D eigenvalue weighted by atomic mass is 9.99. The van der Waals surface area contributed by atoms with Gasteiger partial charge in [0.05, 0.1) is 7.11 Å². The molecule has 4 nitrogen and oxygen atoms in total. The minimum Gasteiger partial charge on any atom is -0.467 e. The molecule has 1 aromatic carbocycles. The molecule has 19 heavy (non-hydrogen) atoms. The Morgan fingerprint density at radius 1 is 1.42 bits per heavy atom. The minimum atomic E-state index is -0.611. The lowest BCUT2D eigenvalue weighted by molar-refractivity contribution is -0.144. The molecule has 0 unspecified atom stereocenters. The first-order chi connectivity index (χ1) is 8.99. The fraction of sp³-hybridized carbons (Fsp3) is 0.429. The molecule has 0 aromatic heterocycles. The molecule has 1 amide bonds. The molecule has 104 valence electrons. The van der Waals surface area contributed by atoms with Crippen molar-refractivity contribution in [2.75, 3.05) is 7.11 Å². The maximum absolute atomic E-state index is 12.1. The highest BCUT2D eigenvalue weighted by atomic mass is 127. The first-order valence-corrected chi connectivity index (χ1v) is 7.21.